The molecular weight excluding hydrogens is 268 g/mol. The van der Waals surface area contributed by atoms with Crippen LogP contribution in [0.2, 0.25) is 0 Å². The van der Waals surface area contributed by atoms with Crippen molar-refractivity contribution in [1.82, 2.24) is 9.88 Å². The van der Waals surface area contributed by atoms with Crippen LogP contribution in [0.15, 0.2) is 12.1 Å². The molecule has 4 N–H and O–H groups in total. The number of aliphatic hydroxyl groups excluding tert-OH is 1. The molecule has 0 aromatic carbocycles. The van der Waals surface area contributed by atoms with Gasteiger partial charge in [-0.15, -0.1) is 0 Å². The maximum Gasteiger partial charge on any atom is 0.254 e. The summed E-state index contributed by atoms with van der Waals surface area (Å²) in [5.74, 6) is 6.10. The van der Waals surface area contributed by atoms with Crippen LogP contribution in [0.3, 0.4) is 0 Å². The number of hydrogen-bond acceptors (Lipinski definition) is 5. The van der Waals surface area contributed by atoms with Gasteiger partial charge < -0.3 is 15.4 Å². The second-order valence-electron chi connectivity index (χ2n) is 6.61. The summed E-state index contributed by atoms with van der Waals surface area (Å²) in [6.07, 6.45) is 0.849. The first-order valence-corrected chi connectivity index (χ1v) is 7.24. The Balaban J connectivity index is 2.28. The van der Waals surface area contributed by atoms with Crippen molar-refractivity contribution in [3.05, 3.63) is 23.4 Å². The summed E-state index contributed by atoms with van der Waals surface area (Å²) in [5, 5.41) is 9.19. The Labute approximate surface area is 125 Å². The Morgan fingerprint density at radius 1 is 1.52 bits per heavy atom. The van der Waals surface area contributed by atoms with Gasteiger partial charge in [0, 0.05) is 42.3 Å². The van der Waals surface area contributed by atoms with Crippen molar-refractivity contribution in [3.63, 3.8) is 0 Å². The molecule has 1 aromatic heterocycles. The number of rotatable bonds is 3. The predicted molar refractivity (Wildman–Crippen MR) is 81.8 cm³/mol. The molecule has 1 aliphatic heterocycles. The minimum Gasteiger partial charge on any atom is -0.396 e. The Morgan fingerprint density at radius 3 is 2.76 bits per heavy atom. The number of anilines is 1. The number of aliphatic hydroxyl groups is 1. The fourth-order valence-corrected chi connectivity index (χ4v) is 2.46. The number of nitrogens with two attached hydrogens (primary N) is 1. The van der Waals surface area contributed by atoms with Crippen molar-refractivity contribution in [2.75, 3.05) is 25.1 Å². The molecule has 1 amide bonds. The van der Waals surface area contributed by atoms with E-state index in [2.05, 4.69) is 10.4 Å². The van der Waals surface area contributed by atoms with Crippen LogP contribution in [0.4, 0.5) is 5.82 Å². The van der Waals surface area contributed by atoms with Crippen LogP contribution < -0.4 is 11.3 Å². The summed E-state index contributed by atoms with van der Waals surface area (Å²) in [6, 6.07) is 3.50. The number of nitrogens with one attached hydrogen (secondary N) is 1. The van der Waals surface area contributed by atoms with Crippen molar-refractivity contribution < 1.29 is 9.90 Å². The van der Waals surface area contributed by atoms with Crippen molar-refractivity contribution in [2.45, 2.75) is 32.6 Å². The number of carbonyl (C=O) groups is 1. The van der Waals surface area contributed by atoms with Gasteiger partial charge in [-0.2, -0.15) is 0 Å². The fourth-order valence-electron chi connectivity index (χ4n) is 2.46. The Kier molecular flexibility index (Phi) is 4.49. The zero-order valence-electron chi connectivity index (χ0n) is 12.9. The van der Waals surface area contributed by atoms with Crippen LogP contribution in [0, 0.1) is 5.92 Å². The van der Waals surface area contributed by atoms with Gasteiger partial charge in [0.1, 0.15) is 5.82 Å². The van der Waals surface area contributed by atoms with E-state index in [4.69, 9.17) is 5.84 Å². The number of nitrogens with zero attached hydrogens (tertiary/aromatic N) is 2. The summed E-state index contributed by atoms with van der Waals surface area (Å²) in [6.45, 7) is 7.55. The lowest BCUT2D eigenvalue weighted by molar-refractivity contribution is 0.0781. The van der Waals surface area contributed by atoms with Crippen LogP contribution in [-0.2, 0) is 5.41 Å². The van der Waals surface area contributed by atoms with E-state index in [1.54, 1.807) is 11.0 Å². The van der Waals surface area contributed by atoms with E-state index in [1.807, 2.05) is 26.8 Å². The lowest BCUT2D eigenvalue weighted by Gasteiger charge is -2.21. The van der Waals surface area contributed by atoms with E-state index in [0.29, 0.717) is 24.5 Å². The fraction of sp³-hybridized carbons (Fsp3) is 0.600. The molecule has 0 bridgehead atoms. The molecule has 0 saturated carbocycles. The molecule has 1 fully saturated rings. The highest BCUT2D eigenvalue weighted by atomic mass is 16.3. The van der Waals surface area contributed by atoms with Crippen LogP contribution in [0.5, 0.6) is 0 Å². The Hall–Kier alpha value is -1.66. The minimum absolute atomic E-state index is 0.0321. The van der Waals surface area contributed by atoms with E-state index >= 15 is 0 Å². The molecular formula is C15H24N4O2. The average Bonchev–Trinajstić information content (AvgIpc) is 2.93. The highest BCUT2D eigenvalue weighted by Crippen LogP contribution is 2.25. The number of amides is 1. The number of likely N-dealkylation sites (tertiary alicyclic amines) is 1. The molecule has 0 spiro atoms. The van der Waals surface area contributed by atoms with Gasteiger partial charge in [-0.25, -0.2) is 10.8 Å². The molecule has 116 valence electrons. The van der Waals surface area contributed by atoms with Crippen molar-refractivity contribution in [2.24, 2.45) is 11.8 Å². The van der Waals surface area contributed by atoms with Crippen molar-refractivity contribution in [3.8, 4) is 0 Å². The van der Waals surface area contributed by atoms with Crippen LogP contribution >= 0.6 is 0 Å². The van der Waals surface area contributed by atoms with E-state index in [-0.39, 0.29) is 23.8 Å². The minimum atomic E-state index is -0.166. The molecule has 0 aliphatic carbocycles. The van der Waals surface area contributed by atoms with Crippen molar-refractivity contribution in [1.29, 1.82) is 0 Å². The molecule has 6 nitrogen and oxygen atoms in total. The van der Waals surface area contributed by atoms with E-state index in [9.17, 15) is 9.90 Å². The van der Waals surface area contributed by atoms with Gasteiger partial charge in [-0.1, -0.05) is 20.8 Å². The molecule has 6 heteroatoms. The summed E-state index contributed by atoms with van der Waals surface area (Å²) in [4.78, 5) is 18.8. The monoisotopic (exact) mass is 292 g/mol. The standard InChI is InChI=1S/C15H24N4O2/c1-15(2,3)12-6-11(7-13(17-12)18-16)14(21)19-5-4-10(8-19)9-20/h6-7,10,20H,4-5,8-9,16H2,1-3H3,(H,17,18). The van der Waals surface area contributed by atoms with E-state index in [0.717, 1.165) is 12.1 Å². The Morgan fingerprint density at radius 2 is 2.24 bits per heavy atom. The van der Waals surface area contributed by atoms with Crippen molar-refractivity contribution >= 4 is 11.7 Å². The molecule has 1 saturated heterocycles. The van der Waals surface area contributed by atoms with Gasteiger partial charge in [-0.05, 0) is 18.6 Å². The highest BCUT2D eigenvalue weighted by Gasteiger charge is 2.28. The topological polar surface area (TPSA) is 91.5 Å². The van der Waals surface area contributed by atoms with Gasteiger partial charge in [0.2, 0.25) is 0 Å². The molecule has 2 heterocycles. The van der Waals surface area contributed by atoms with Crippen LogP contribution in [0.1, 0.15) is 43.2 Å². The third kappa shape index (κ3) is 3.51. The molecule has 2 rings (SSSR count). The van der Waals surface area contributed by atoms with Crippen LogP contribution in [0.25, 0.3) is 0 Å². The molecule has 21 heavy (non-hydrogen) atoms. The van der Waals surface area contributed by atoms with Crippen LogP contribution in [-0.4, -0.2) is 40.6 Å². The molecule has 1 atom stereocenters. The number of pyridine rings is 1. The number of nitrogen functional groups attached to an aromatic ring is 1. The summed E-state index contributed by atoms with van der Waals surface area (Å²) in [5.41, 5.74) is 3.76. The van der Waals surface area contributed by atoms with Gasteiger partial charge in [0.15, 0.2) is 0 Å². The first-order valence-electron chi connectivity index (χ1n) is 7.24. The smallest absolute Gasteiger partial charge is 0.254 e. The summed E-state index contributed by atoms with van der Waals surface area (Å²) >= 11 is 0. The van der Waals surface area contributed by atoms with Gasteiger partial charge in [0.25, 0.3) is 5.91 Å². The highest BCUT2D eigenvalue weighted by molar-refractivity contribution is 5.95. The third-order valence-electron chi connectivity index (χ3n) is 3.82. The first-order chi connectivity index (χ1) is 9.85. The second-order valence-corrected chi connectivity index (χ2v) is 6.61. The maximum atomic E-state index is 12.6. The largest absolute Gasteiger partial charge is 0.396 e. The van der Waals surface area contributed by atoms with Gasteiger partial charge >= 0.3 is 0 Å². The molecule has 1 aliphatic rings. The van der Waals surface area contributed by atoms with Gasteiger partial charge in [0.05, 0.1) is 0 Å². The molecule has 1 unspecified atom stereocenters. The second kappa shape index (κ2) is 5.99. The normalized spacial score (nSPS) is 18.9. The van der Waals surface area contributed by atoms with E-state index in [1.165, 1.54) is 0 Å². The zero-order valence-corrected chi connectivity index (χ0v) is 12.9. The Bertz CT molecular complexity index is 525. The number of hydrazine groups is 1. The quantitative estimate of drug-likeness (QED) is 0.573. The summed E-state index contributed by atoms with van der Waals surface area (Å²) < 4.78 is 0. The third-order valence-corrected chi connectivity index (χ3v) is 3.82. The van der Waals surface area contributed by atoms with Gasteiger partial charge in [-0.3, -0.25) is 4.79 Å². The number of hydrogen-bond donors (Lipinski definition) is 3. The molecule has 1 aromatic rings. The average molecular weight is 292 g/mol. The first kappa shape index (κ1) is 15.7. The predicted octanol–water partition coefficient (Wildman–Crippen LogP) is 1.12. The summed E-state index contributed by atoms with van der Waals surface area (Å²) in [7, 11) is 0. The molecule has 0 radical (unpaired) electrons. The lowest BCUT2D eigenvalue weighted by Crippen LogP contribution is -2.30. The zero-order chi connectivity index (χ0) is 15.6. The SMILES string of the molecule is CC(C)(C)c1cc(C(=O)N2CCC(CO)C2)cc(NN)n1. The lowest BCUT2D eigenvalue weighted by atomic mass is 9.90. The van der Waals surface area contributed by atoms with E-state index < -0.39 is 0 Å². The number of aromatic nitrogens is 1. The maximum absolute atomic E-state index is 12.6. The number of carbonyl (C=O) groups excluding carboxylic acids is 1.